The molecule has 0 bridgehead atoms. The number of amides is 1. The van der Waals surface area contributed by atoms with Crippen molar-refractivity contribution in [2.45, 2.75) is 32.2 Å². The lowest BCUT2D eigenvalue weighted by atomic mass is 9.87. The van der Waals surface area contributed by atoms with Crippen LogP contribution in [-0.2, 0) is 12.8 Å². The number of nitrogens with zero attached hydrogens (tertiary/aromatic N) is 2. The van der Waals surface area contributed by atoms with Crippen molar-refractivity contribution >= 4 is 5.91 Å². The van der Waals surface area contributed by atoms with E-state index >= 15 is 0 Å². The third kappa shape index (κ3) is 3.38. The number of halogens is 1. The summed E-state index contributed by atoms with van der Waals surface area (Å²) in [6.45, 7) is 4.91. The fourth-order valence-corrected chi connectivity index (χ4v) is 4.24. The first-order chi connectivity index (χ1) is 12.6. The first kappa shape index (κ1) is 17.2. The molecule has 2 aromatic rings. The Morgan fingerprint density at radius 2 is 1.77 bits per heavy atom. The van der Waals surface area contributed by atoms with Crippen LogP contribution in [0.1, 0.15) is 33.5 Å². The lowest BCUT2D eigenvalue weighted by Gasteiger charge is -2.41. The van der Waals surface area contributed by atoms with E-state index in [0.717, 1.165) is 31.5 Å². The fraction of sp³-hybridized carbons (Fsp3) is 0.409. The second-order valence-electron chi connectivity index (χ2n) is 7.48. The van der Waals surface area contributed by atoms with E-state index in [9.17, 15) is 9.18 Å². The van der Waals surface area contributed by atoms with Crippen LogP contribution in [0.2, 0.25) is 0 Å². The Balaban J connectivity index is 1.38. The molecule has 0 N–H and O–H groups in total. The minimum absolute atomic E-state index is 0.184. The minimum Gasteiger partial charge on any atom is -0.336 e. The Labute approximate surface area is 154 Å². The van der Waals surface area contributed by atoms with Crippen LogP contribution < -0.4 is 0 Å². The number of carbonyl (C=O) groups excluding carboxylic acids is 1. The summed E-state index contributed by atoms with van der Waals surface area (Å²) in [7, 11) is 0. The lowest BCUT2D eigenvalue weighted by Crippen LogP contribution is -2.53. The molecule has 0 unspecified atom stereocenters. The number of rotatable bonds is 2. The number of piperazine rings is 1. The summed E-state index contributed by atoms with van der Waals surface area (Å²) in [5, 5.41) is 0. The van der Waals surface area contributed by atoms with E-state index in [1.807, 2.05) is 6.92 Å². The van der Waals surface area contributed by atoms with Gasteiger partial charge in [-0.1, -0.05) is 30.3 Å². The zero-order chi connectivity index (χ0) is 18.1. The highest BCUT2D eigenvalue weighted by atomic mass is 19.1. The standard InChI is InChI=1S/C22H25FN2O/c1-16-6-9-20(21(23)14-16)22(26)25-12-10-24(11-13-25)19-8-7-17-4-2-3-5-18(17)15-19/h2-6,9,14,19H,7-8,10-13,15H2,1H3/t19-/m0/s1. The number of carbonyl (C=O) groups is 1. The van der Waals surface area contributed by atoms with Crippen molar-refractivity contribution in [2.24, 2.45) is 0 Å². The highest BCUT2D eigenvalue weighted by molar-refractivity contribution is 5.94. The Bertz CT molecular complexity index is 812. The third-order valence-electron chi connectivity index (χ3n) is 5.79. The van der Waals surface area contributed by atoms with Gasteiger partial charge in [0.25, 0.3) is 5.91 Å². The van der Waals surface area contributed by atoms with Gasteiger partial charge in [0.1, 0.15) is 5.82 Å². The summed E-state index contributed by atoms with van der Waals surface area (Å²) in [6.07, 6.45) is 3.41. The maximum Gasteiger partial charge on any atom is 0.256 e. The zero-order valence-electron chi connectivity index (χ0n) is 15.2. The van der Waals surface area contributed by atoms with Gasteiger partial charge in [0.15, 0.2) is 0 Å². The summed E-state index contributed by atoms with van der Waals surface area (Å²) < 4.78 is 14.1. The molecule has 2 aliphatic rings. The van der Waals surface area contributed by atoms with Crippen LogP contribution in [0.4, 0.5) is 4.39 Å². The average Bonchev–Trinajstić information content (AvgIpc) is 2.67. The number of hydrogen-bond donors (Lipinski definition) is 0. The van der Waals surface area contributed by atoms with Crippen LogP contribution in [0.25, 0.3) is 0 Å². The van der Waals surface area contributed by atoms with Crippen molar-refractivity contribution < 1.29 is 9.18 Å². The number of benzene rings is 2. The molecule has 1 atom stereocenters. The fourth-order valence-electron chi connectivity index (χ4n) is 4.24. The Morgan fingerprint density at radius 3 is 2.50 bits per heavy atom. The smallest absolute Gasteiger partial charge is 0.256 e. The topological polar surface area (TPSA) is 23.6 Å². The molecular weight excluding hydrogens is 327 g/mol. The molecule has 3 nitrogen and oxygen atoms in total. The van der Waals surface area contributed by atoms with Crippen molar-refractivity contribution in [1.82, 2.24) is 9.80 Å². The minimum atomic E-state index is -0.415. The first-order valence-electron chi connectivity index (χ1n) is 9.48. The van der Waals surface area contributed by atoms with Gasteiger partial charge in [-0.3, -0.25) is 9.69 Å². The monoisotopic (exact) mass is 352 g/mol. The number of aryl methyl sites for hydroxylation is 2. The van der Waals surface area contributed by atoms with E-state index in [2.05, 4.69) is 29.2 Å². The van der Waals surface area contributed by atoms with Crippen LogP contribution >= 0.6 is 0 Å². The molecule has 0 aromatic heterocycles. The van der Waals surface area contributed by atoms with Gasteiger partial charge in [0, 0.05) is 32.2 Å². The van der Waals surface area contributed by atoms with Crippen molar-refractivity contribution in [3.63, 3.8) is 0 Å². The van der Waals surface area contributed by atoms with Crippen LogP contribution in [0.15, 0.2) is 42.5 Å². The second-order valence-corrected chi connectivity index (χ2v) is 7.48. The molecule has 1 fully saturated rings. The molecule has 26 heavy (non-hydrogen) atoms. The second kappa shape index (κ2) is 7.20. The van der Waals surface area contributed by atoms with Gasteiger partial charge in [0.05, 0.1) is 5.56 Å². The molecule has 136 valence electrons. The lowest BCUT2D eigenvalue weighted by molar-refractivity contribution is 0.0549. The molecule has 0 saturated carbocycles. The van der Waals surface area contributed by atoms with Crippen LogP contribution in [0.3, 0.4) is 0 Å². The van der Waals surface area contributed by atoms with Crippen LogP contribution in [0, 0.1) is 12.7 Å². The van der Waals surface area contributed by atoms with E-state index in [-0.39, 0.29) is 11.5 Å². The van der Waals surface area contributed by atoms with Crippen molar-refractivity contribution in [1.29, 1.82) is 0 Å². The normalized spacial score (nSPS) is 20.7. The van der Waals surface area contributed by atoms with Crippen LogP contribution in [-0.4, -0.2) is 47.9 Å². The van der Waals surface area contributed by atoms with Crippen molar-refractivity contribution in [3.05, 3.63) is 70.5 Å². The summed E-state index contributed by atoms with van der Waals surface area (Å²) in [5.74, 6) is -0.600. The molecule has 1 amide bonds. The van der Waals surface area contributed by atoms with Gasteiger partial charge >= 0.3 is 0 Å². The molecule has 1 heterocycles. The highest BCUT2D eigenvalue weighted by Gasteiger charge is 2.29. The predicted octanol–water partition coefficient (Wildman–Crippen LogP) is 3.45. The molecule has 2 aromatic carbocycles. The summed E-state index contributed by atoms with van der Waals surface area (Å²) >= 11 is 0. The van der Waals surface area contributed by atoms with Crippen LogP contribution in [0.5, 0.6) is 0 Å². The largest absolute Gasteiger partial charge is 0.336 e. The number of hydrogen-bond acceptors (Lipinski definition) is 2. The maximum absolute atomic E-state index is 14.1. The van der Waals surface area contributed by atoms with E-state index in [1.54, 1.807) is 17.0 Å². The van der Waals surface area contributed by atoms with E-state index < -0.39 is 5.82 Å². The Kier molecular flexibility index (Phi) is 4.77. The van der Waals surface area contributed by atoms with Gasteiger partial charge < -0.3 is 4.90 Å². The van der Waals surface area contributed by atoms with Gasteiger partial charge in [-0.25, -0.2) is 4.39 Å². The molecule has 1 aliphatic carbocycles. The van der Waals surface area contributed by atoms with Gasteiger partial charge in [-0.05, 0) is 55.0 Å². The van der Waals surface area contributed by atoms with E-state index in [0.29, 0.717) is 19.1 Å². The summed E-state index contributed by atoms with van der Waals surface area (Å²) in [5.41, 5.74) is 3.97. The predicted molar refractivity (Wildman–Crippen MR) is 101 cm³/mol. The first-order valence-corrected chi connectivity index (χ1v) is 9.48. The SMILES string of the molecule is Cc1ccc(C(=O)N2CCN([C@H]3CCc4ccccc4C3)CC2)c(F)c1. The Hall–Kier alpha value is -2.20. The molecule has 0 radical (unpaired) electrons. The highest BCUT2D eigenvalue weighted by Crippen LogP contribution is 2.25. The van der Waals surface area contributed by atoms with Gasteiger partial charge in [-0.15, -0.1) is 0 Å². The summed E-state index contributed by atoms with van der Waals surface area (Å²) in [6, 6.07) is 14.1. The molecule has 4 rings (SSSR count). The average molecular weight is 352 g/mol. The third-order valence-corrected chi connectivity index (χ3v) is 5.79. The van der Waals surface area contributed by atoms with E-state index in [4.69, 9.17) is 0 Å². The number of fused-ring (bicyclic) bond motifs is 1. The van der Waals surface area contributed by atoms with E-state index in [1.165, 1.54) is 23.6 Å². The molecule has 1 saturated heterocycles. The van der Waals surface area contributed by atoms with Gasteiger partial charge in [0.2, 0.25) is 0 Å². The zero-order valence-corrected chi connectivity index (χ0v) is 15.2. The van der Waals surface area contributed by atoms with Crippen molar-refractivity contribution in [2.75, 3.05) is 26.2 Å². The molecule has 1 aliphatic heterocycles. The van der Waals surface area contributed by atoms with Crippen molar-refractivity contribution in [3.8, 4) is 0 Å². The summed E-state index contributed by atoms with van der Waals surface area (Å²) in [4.78, 5) is 16.9. The molecule has 4 heteroatoms. The van der Waals surface area contributed by atoms with Gasteiger partial charge in [-0.2, -0.15) is 0 Å². The molecular formula is C22H25FN2O. The molecule has 0 spiro atoms. The Morgan fingerprint density at radius 1 is 1.04 bits per heavy atom. The quantitative estimate of drug-likeness (QED) is 0.826. The maximum atomic E-state index is 14.1.